The number of benzene rings is 1. The summed E-state index contributed by atoms with van der Waals surface area (Å²) in [7, 11) is 0. The molecule has 0 unspecified atom stereocenters. The minimum absolute atomic E-state index is 0.240. The van der Waals surface area contributed by atoms with E-state index < -0.39 is 0 Å². The molecule has 1 aromatic heterocycles. The second-order valence-corrected chi connectivity index (χ2v) is 5.15. The summed E-state index contributed by atoms with van der Waals surface area (Å²) < 4.78 is 13.8. The van der Waals surface area contributed by atoms with Gasteiger partial charge in [-0.05, 0) is 35.7 Å². The molecule has 84 valence electrons. The molecule has 2 aromatic rings. The van der Waals surface area contributed by atoms with Crippen LogP contribution in [0.15, 0.2) is 24.3 Å². The summed E-state index contributed by atoms with van der Waals surface area (Å²) in [5, 5.41) is 0. The Balaban J connectivity index is 2.56. The summed E-state index contributed by atoms with van der Waals surface area (Å²) in [6.45, 7) is 2.38. The maximum atomic E-state index is 13.1. The fourth-order valence-corrected chi connectivity index (χ4v) is 3.16. The second-order valence-electron chi connectivity index (χ2n) is 3.52. The van der Waals surface area contributed by atoms with Crippen molar-refractivity contribution in [1.29, 1.82) is 0 Å². The topological polar surface area (TPSA) is 26.0 Å². The molecule has 0 aliphatic carbocycles. The first kappa shape index (κ1) is 11.6. The molecular weight excluding hydrogens is 245 g/mol. The van der Waals surface area contributed by atoms with E-state index in [0.29, 0.717) is 10.9 Å². The number of hydrogen-bond donors (Lipinski definition) is 1. The highest BCUT2D eigenvalue weighted by atomic mass is 35.5. The molecule has 0 bridgehead atoms. The van der Waals surface area contributed by atoms with Gasteiger partial charge in [0.05, 0.1) is 4.34 Å². The predicted octanol–water partition coefficient (Wildman–Crippen LogP) is 3.97. The van der Waals surface area contributed by atoms with Gasteiger partial charge in [0, 0.05) is 11.4 Å². The third-order valence-corrected chi connectivity index (χ3v) is 4.14. The maximum Gasteiger partial charge on any atom is 0.123 e. The zero-order valence-corrected chi connectivity index (χ0v) is 10.3. The van der Waals surface area contributed by atoms with Crippen LogP contribution in [-0.4, -0.2) is 0 Å². The predicted molar refractivity (Wildman–Crippen MR) is 67.4 cm³/mol. The highest BCUT2D eigenvalue weighted by Gasteiger charge is 2.13. The summed E-state index contributed by atoms with van der Waals surface area (Å²) >= 11 is 7.53. The first-order chi connectivity index (χ1) is 7.63. The lowest BCUT2D eigenvalue weighted by Crippen LogP contribution is -1.96. The van der Waals surface area contributed by atoms with E-state index in [1.54, 1.807) is 6.07 Å². The molecule has 1 nitrogen and oxygen atoms in total. The highest BCUT2D eigenvalue weighted by molar-refractivity contribution is 7.19. The molecule has 0 aliphatic rings. The molecule has 2 rings (SSSR count). The van der Waals surface area contributed by atoms with Crippen LogP contribution in [-0.2, 0) is 6.54 Å². The lowest BCUT2D eigenvalue weighted by molar-refractivity contribution is 0.628. The lowest BCUT2D eigenvalue weighted by atomic mass is 10.1. The Kier molecular flexibility index (Phi) is 3.28. The summed E-state index contributed by atoms with van der Waals surface area (Å²) in [6, 6.07) is 6.51. The third kappa shape index (κ3) is 1.98. The maximum absolute atomic E-state index is 13.1. The summed E-state index contributed by atoms with van der Waals surface area (Å²) in [4.78, 5) is 0.991. The van der Waals surface area contributed by atoms with Gasteiger partial charge in [-0.3, -0.25) is 0 Å². The van der Waals surface area contributed by atoms with Crippen molar-refractivity contribution in [2.75, 3.05) is 0 Å². The largest absolute Gasteiger partial charge is 0.326 e. The molecule has 4 heteroatoms. The molecule has 16 heavy (non-hydrogen) atoms. The van der Waals surface area contributed by atoms with Crippen LogP contribution in [0, 0.1) is 12.7 Å². The van der Waals surface area contributed by atoms with E-state index in [-0.39, 0.29) is 5.82 Å². The van der Waals surface area contributed by atoms with Gasteiger partial charge in [-0.15, -0.1) is 11.3 Å². The molecule has 0 spiro atoms. The Labute approximate surface area is 103 Å². The molecule has 0 fully saturated rings. The van der Waals surface area contributed by atoms with Crippen molar-refractivity contribution in [1.82, 2.24) is 0 Å². The fourth-order valence-electron chi connectivity index (χ4n) is 1.65. The van der Waals surface area contributed by atoms with Crippen molar-refractivity contribution in [3.05, 3.63) is 45.5 Å². The summed E-state index contributed by atoms with van der Waals surface area (Å²) in [6.07, 6.45) is 0. The highest BCUT2D eigenvalue weighted by Crippen LogP contribution is 2.39. The standard InChI is InChI=1S/C12H11ClFNS/c1-7-10(6-15)12(13)16-11(7)8-3-2-4-9(14)5-8/h2-5H,6,15H2,1H3. The molecule has 0 aliphatic heterocycles. The number of hydrogen-bond acceptors (Lipinski definition) is 2. The van der Waals surface area contributed by atoms with Crippen molar-refractivity contribution >= 4 is 22.9 Å². The fraction of sp³-hybridized carbons (Fsp3) is 0.167. The second kappa shape index (κ2) is 4.53. The Bertz CT molecular complexity index is 522. The molecule has 0 saturated heterocycles. The van der Waals surface area contributed by atoms with Crippen molar-refractivity contribution in [2.45, 2.75) is 13.5 Å². The quantitative estimate of drug-likeness (QED) is 0.863. The number of thiophene rings is 1. The Morgan fingerprint density at radius 2 is 2.19 bits per heavy atom. The van der Waals surface area contributed by atoms with Crippen molar-refractivity contribution in [3.63, 3.8) is 0 Å². The van der Waals surface area contributed by atoms with Gasteiger partial charge >= 0.3 is 0 Å². The van der Waals surface area contributed by atoms with E-state index >= 15 is 0 Å². The molecule has 2 N–H and O–H groups in total. The molecule has 0 saturated carbocycles. The Morgan fingerprint density at radius 3 is 2.75 bits per heavy atom. The van der Waals surface area contributed by atoms with Crippen LogP contribution in [0.2, 0.25) is 4.34 Å². The van der Waals surface area contributed by atoms with Gasteiger partial charge < -0.3 is 5.73 Å². The van der Waals surface area contributed by atoms with Crippen LogP contribution in [0.5, 0.6) is 0 Å². The molecule has 1 aromatic carbocycles. The Morgan fingerprint density at radius 1 is 1.44 bits per heavy atom. The molecular formula is C12H11ClFNS. The van der Waals surface area contributed by atoms with Gasteiger partial charge in [-0.2, -0.15) is 0 Å². The van der Waals surface area contributed by atoms with Crippen LogP contribution in [0.4, 0.5) is 4.39 Å². The first-order valence-electron chi connectivity index (χ1n) is 4.87. The van der Waals surface area contributed by atoms with E-state index in [1.807, 2.05) is 13.0 Å². The molecule has 0 atom stereocenters. The van der Waals surface area contributed by atoms with E-state index in [1.165, 1.54) is 23.5 Å². The van der Waals surface area contributed by atoms with E-state index in [0.717, 1.165) is 21.6 Å². The van der Waals surface area contributed by atoms with E-state index in [9.17, 15) is 4.39 Å². The smallest absolute Gasteiger partial charge is 0.123 e. The van der Waals surface area contributed by atoms with Gasteiger partial charge in [-0.1, -0.05) is 23.7 Å². The lowest BCUT2D eigenvalue weighted by Gasteiger charge is -2.01. The summed E-state index contributed by atoms with van der Waals surface area (Å²) in [5.41, 5.74) is 8.47. The van der Waals surface area contributed by atoms with Crippen LogP contribution < -0.4 is 5.73 Å². The van der Waals surface area contributed by atoms with E-state index in [2.05, 4.69) is 0 Å². The van der Waals surface area contributed by atoms with Crippen LogP contribution in [0.1, 0.15) is 11.1 Å². The molecule has 0 amide bonds. The minimum Gasteiger partial charge on any atom is -0.326 e. The average Bonchev–Trinajstić information content (AvgIpc) is 2.54. The monoisotopic (exact) mass is 255 g/mol. The number of halogens is 2. The minimum atomic E-state index is -0.240. The van der Waals surface area contributed by atoms with Crippen molar-refractivity contribution in [2.24, 2.45) is 5.73 Å². The van der Waals surface area contributed by atoms with E-state index in [4.69, 9.17) is 17.3 Å². The first-order valence-corrected chi connectivity index (χ1v) is 6.06. The van der Waals surface area contributed by atoms with Gasteiger partial charge in [-0.25, -0.2) is 4.39 Å². The average molecular weight is 256 g/mol. The number of nitrogens with two attached hydrogens (primary N) is 1. The Hall–Kier alpha value is -0.900. The van der Waals surface area contributed by atoms with Crippen molar-refractivity contribution < 1.29 is 4.39 Å². The summed E-state index contributed by atoms with van der Waals surface area (Å²) in [5.74, 6) is -0.240. The molecule has 0 radical (unpaired) electrons. The van der Waals surface area contributed by atoms with Gasteiger partial charge in [0.1, 0.15) is 5.82 Å². The van der Waals surface area contributed by atoms with Gasteiger partial charge in [0.25, 0.3) is 0 Å². The van der Waals surface area contributed by atoms with Crippen LogP contribution in [0.25, 0.3) is 10.4 Å². The third-order valence-electron chi connectivity index (χ3n) is 2.51. The van der Waals surface area contributed by atoms with Gasteiger partial charge in [0.15, 0.2) is 0 Å². The zero-order valence-electron chi connectivity index (χ0n) is 8.76. The SMILES string of the molecule is Cc1c(-c2cccc(F)c2)sc(Cl)c1CN. The van der Waals surface area contributed by atoms with Crippen LogP contribution in [0.3, 0.4) is 0 Å². The van der Waals surface area contributed by atoms with Gasteiger partial charge in [0.2, 0.25) is 0 Å². The number of rotatable bonds is 2. The normalized spacial score (nSPS) is 10.8. The molecule has 1 heterocycles. The van der Waals surface area contributed by atoms with Crippen LogP contribution >= 0.6 is 22.9 Å². The van der Waals surface area contributed by atoms with Crippen molar-refractivity contribution in [3.8, 4) is 10.4 Å². The zero-order chi connectivity index (χ0) is 11.7.